The number of nitrogens with one attached hydrogen (secondary N) is 3. The van der Waals surface area contributed by atoms with Crippen molar-refractivity contribution in [2.24, 2.45) is 17.8 Å². The van der Waals surface area contributed by atoms with Crippen molar-refractivity contribution in [3.05, 3.63) is 0 Å². The van der Waals surface area contributed by atoms with E-state index in [-0.39, 0.29) is 0 Å². The van der Waals surface area contributed by atoms with Crippen LogP contribution in [0.2, 0.25) is 0 Å². The maximum Gasteiger partial charge on any atom is 0.321 e. The molecule has 3 saturated heterocycles. The van der Waals surface area contributed by atoms with Crippen LogP contribution in [-0.4, -0.2) is 147 Å². The van der Waals surface area contributed by atoms with Crippen LogP contribution in [0.25, 0.3) is 0 Å². The summed E-state index contributed by atoms with van der Waals surface area (Å²) in [6, 6.07) is -3.86. The number of hydrogen-bond donors (Lipinski definition) is 9. The van der Waals surface area contributed by atoms with Crippen molar-refractivity contribution in [1.82, 2.24) is 25.8 Å². The SMILES string of the molecule is CC1(C)CC(C(C(=O)O)N(C(C(=O)O)C2CC(C)(C)NC(C)(C)C2)C(C(=O)O)C2CC(C)(C)NC(C)(C)C2)CC(C)(C)N1.O=C(O)CN(CC(=O)O)CC(=O)O. The summed E-state index contributed by atoms with van der Waals surface area (Å²) in [5, 5.41) is 68.8. The molecule has 3 aliphatic heterocycles. The fourth-order valence-electron chi connectivity index (χ4n) is 10.9. The number of carboxylic acid groups (broad SMARTS) is 6. The van der Waals surface area contributed by atoms with E-state index in [1.165, 1.54) is 4.90 Å². The van der Waals surface area contributed by atoms with Gasteiger partial charge in [-0.05, 0) is 139 Å². The molecular formula is C39H69N5O12. The highest BCUT2D eigenvalue weighted by molar-refractivity contribution is 5.82. The van der Waals surface area contributed by atoms with E-state index in [0.29, 0.717) is 38.5 Å². The average Bonchev–Trinajstić information content (AvgIpc) is 2.86. The van der Waals surface area contributed by atoms with Gasteiger partial charge < -0.3 is 46.6 Å². The monoisotopic (exact) mass is 799 g/mol. The van der Waals surface area contributed by atoms with Crippen molar-refractivity contribution < 1.29 is 59.4 Å². The van der Waals surface area contributed by atoms with Gasteiger partial charge in [0.2, 0.25) is 0 Å². The van der Waals surface area contributed by atoms with Crippen LogP contribution in [0, 0.1) is 17.8 Å². The second kappa shape index (κ2) is 17.6. The predicted octanol–water partition coefficient (Wildman–Crippen LogP) is 2.86. The van der Waals surface area contributed by atoms with E-state index in [9.17, 15) is 44.1 Å². The second-order valence-corrected chi connectivity index (χ2v) is 20.3. The quantitative estimate of drug-likeness (QED) is 0.115. The van der Waals surface area contributed by atoms with Gasteiger partial charge in [-0.1, -0.05) is 0 Å². The summed E-state index contributed by atoms with van der Waals surface area (Å²) in [7, 11) is 0. The Morgan fingerprint density at radius 1 is 0.429 bits per heavy atom. The van der Waals surface area contributed by atoms with E-state index < -0.39 is 125 Å². The first-order valence-electron chi connectivity index (χ1n) is 19.3. The Hall–Kier alpha value is -3.38. The molecule has 3 atom stereocenters. The van der Waals surface area contributed by atoms with Crippen LogP contribution in [0.5, 0.6) is 0 Å². The van der Waals surface area contributed by atoms with Crippen molar-refractivity contribution in [3.8, 4) is 0 Å². The minimum Gasteiger partial charge on any atom is -0.480 e. The minimum atomic E-state index is -1.29. The molecule has 0 aromatic heterocycles. The molecule has 0 saturated carbocycles. The van der Waals surface area contributed by atoms with Crippen LogP contribution in [0.1, 0.15) is 122 Å². The smallest absolute Gasteiger partial charge is 0.321 e. The largest absolute Gasteiger partial charge is 0.480 e. The fraction of sp³-hybridized carbons (Fsp3) is 0.846. The van der Waals surface area contributed by atoms with E-state index >= 15 is 0 Å². The fourth-order valence-corrected chi connectivity index (χ4v) is 10.9. The zero-order valence-corrected chi connectivity index (χ0v) is 35.4. The zero-order chi connectivity index (χ0) is 43.6. The van der Waals surface area contributed by atoms with Crippen LogP contribution in [0.15, 0.2) is 0 Å². The Kier molecular flexibility index (Phi) is 15.4. The number of hydrogen-bond acceptors (Lipinski definition) is 11. The number of carboxylic acids is 6. The van der Waals surface area contributed by atoms with Gasteiger partial charge in [-0.15, -0.1) is 0 Å². The van der Waals surface area contributed by atoms with E-state index in [4.69, 9.17) is 15.3 Å². The molecule has 0 bridgehead atoms. The maximum atomic E-state index is 13.5. The Balaban J connectivity index is 0.000000711. The summed E-state index contributed by atoms with van der Waals surface area (Å²) in [5.41, 5.74) is -2.50. The lowest BCUT2D eigenvalue weighted by Gasteiger charge is -2.55. The van der Waals surface area contributed by atoms with Gasteiger partial charge in [0.1, 0.15) is 18.1 Å². The molecule has 0 spiro atoms. The molecule has 0 radical (unpaired) electrons. The van der Waals surface area contributed by atoms with Gasteiger partial charge >= 0.3 is 35.8 Å². The van der Waals surface area contributed by atoms with Crippen molar-refractivity contribution in [1.29, 1.82) is 0 Å². The van der Waals surface area contributed by atoms with Gasteiger partial charge in [0.05, 0.1) is 19.6 Å². The molecule has 17 heteroatoms. The van der Waals surface area contributed by atoms with Gasteiger partial charge in [-0.3, -0.25) is 38.6 Å². The first-order chi connectivity index (χ1) is 25.1. The molecule has 0 amide bonds. The molecule has 3 fully saturated rings. The Morgan fingerprint density at radius 2 is 0.607 bits per heavy atom. The van der Waals surface area contributed by atoms with Crippen LogP contribution in [-0.2, 0) is 28.8 Å². The standard InChI is InChI=1S/C33H60N4O6.C6H9NO6/c1-28(2)13-19(14-29(3,4)34-28)22(25(38)39)37(23(26(40)41)20-15-30(5,6)35-31(7,8)16-20)24(27(42)43)21-17-32(9,10)36-33(11,12)18-21;8-4(9)1-7(2-5(10)11)3-6(12)13/h19-24,34-36H,13-18H2,1-12H3,(H,38,39)(H,40,41)(H,42,43);1-3H2,(H,8,9)(H,10,11)(H,12,13). The lowest BCUT2D eigenvalue weighted by Crippen LogP contribution is -2.70. The molecule has 3 heterocycles. The molecule has 0 aromatic carbocycles. The topological polar surface area (TPSA) is 266 Å². The highest BCUT2D eigenvalue weighted by Gasteiger charge is 2.56. The highest BCUT2D eigenvalue weighted by Crippen LogP contribution is 2.45. The molecule has 9 N–H and O–H groups in total. The minimum absolute atomic E-state index is 0.416. The molecule has 0 aliphatic carbocycles. The van der Waals surface area contributed by atoms with Gasteiger partial charge in [0, 0.05) is 33.2 Å². The number of carbonyl (C=O) groups is 6. The number of nitrogens with zero attached hydrogens (tertiary/aromatic N) is 2. The van der Waals surface area contributed by atoms with Crippen molar-refractivity contribution in [2.75, 3.05) is 19.6 Å². The van der Waals surface area contributed by atoms with Gasteiger partial charge in [-0.2, -0.15) is 0 Å². The Bertz CT molecular complexity index is 1260. The number of rotatable bonds is 15. The molecule has 322 valence electrons. The maximum absolute atomic E-state index is 13.5. The zero-order valence-electron chi connectivity index (χ0n) is 35.4. The molecule has 3 aliphatic rings. The lowest BCUT2D eigenvalue weighted by atomic mass is 9.68. The van der Waals surface area contributed by atoms with E-state index in [1.54, 1.807) is 0 Å². The van der Waals surface area contributed by atoms with E-state index in [1.807, 2.05) is 83.1 Å². The van der Waals surface area contributed by atoms with Crippen molar-refractivity contribution in [3.63, 3.8) is 0 Å². The lowest BCUT2D eigenvalue weighted by molar-refractivity contribution is -0.171. The third-order valence-electron chi connectivity index (χ3n) is 10.8. The highest BCUT2D eigenvalue weighted by atomic mass is 16.4. The molecule has 17 nitrogen and oxygen atoms in total. The normalized spacial score (nSPS) is 24.5. The van der Waals surface area contributed by atoms with Crippen LogP contribution in [0.3, 0.4) is 0 Å². The summed E-state index contributed by atoms with van der Waals surface area (Å²) in [6.07, 6.45) is 2.89. The molecule has 56 heavy (non-hydrogen) atoms. The van der Waals surface area contributed by atoms with Crippen LogP contribution < -0.4 is 16.0 Å². The Labute approximate surface area is 330 Å². The summed E-state index contributed by atoms with van der Waals surface area (Å²) < 4.78 is 0. The van der Waals surface area contributed by atoms with Crippen molar-refractivity contribution in [2.45, 2.75) is 173 Å². The van der Waals surface area contributed by atoms with Crippen LogP contribution >= 0.6 is 0 Å². The third-order valence-corrected chi connectivity index (χ3v) is 10.8. The summed E-state index contributed by atoms with van der Waals surface area (Å²) in [5.74, 6) is -8.64. The molecule has 0 aromatic rings. The number of piperidine rings is 3. The summed E-state index contributed by atoms with van der Waals surface area (Å²) >= 11 is 0. The number of aliphatic carboxylic acids is 6. The van der Waals surface area contributed by atoms with Gasteiger partial charge in [0.25, 0.3) is 0 Å². The first-order valence-corrected chi connectivity index (χ1v) is 19.3. The van der Waals surface area contributed by atoms with Gasteiger partial charge in [-0.25, -0.2) is 0 Å². The predicted molar refractivity (Wildman–Crippen MR) is 208 cm³/mol. The van der Waals surface area contributed by atoms with E-state index in [0.717, 1.165) is 4.90 Å². The van der Waals surface area contributed by atoms with Crippen molar-refractivity contribution >= 4 is 35.8 Å². The van der Waals surface area contributed by atoms with E-state index in [2.05, 4.69) is 16.0 Å². The molecule has 3 rings (SSSR count). The van der Waals surface area contributed by atoms with Crippen LogP contribution in [0.4, 0.5) is 0 Å². The van der Waals surface area contributed by atoms with Gasteiger partial charge in [0.15, 0.2) is 0 Å². The first kappa shape index (κ1) is 48.8. The third kappa shape index (κ3) is 14.5. The average molecular weight is 800 g/mol. The second-order valence-electron chi connectivity index (χ2n) is 20.3. The summed E-state index contributed by atoms with van der Waals surface area (Å²) in [4.78, 5) is 73.3. The summed E-state index contributed by atoms with van der Waals surface area (Å²) in [6.45, 7) is 22.6. The molecular weight excluding hydrogens is 730 g/mol. The Morgan fingerprint density at radius 3 is 0.750 bits per heavy atom. The molecule has 3 unspecified atom stereocenters.